The molecule has 0 amide bonds. The van der Waals surface area contributed by atoms with Crippen LogP contribution >= 0.6 is 15.9 Å². The highest BCUT2D eigenvalue weighted by Crippen LogP contribution is 2.30. The molecule has 0 radical (unpaired) electrons. The number of aromatic nitrogens is 2. The third-order valence-corrected chi connectivity index (χ3v) is 2.75. The summed E-state index contributed by atoms with van der Waals surface area (Å²) in [5.41, 5.74) is -0.641. The number of hydrogen-bond acceptors (Lipinski definition) is 2. The van der Waals surface area contributed by atoms with E-state index in [4.69, 9.17) is 0 Å². The van der Waals surface area contributed by atoms with Crippen LogP contribution in [-0.2, 0) is 11.5 Å². The Bertz CT molecular complexity index is 621. The third kappa shape index (κ3) is 2.33. The molecule has 17 heavy (non-hydrogen) atoms. The molecule has 0 aliphatic rings. The Morgan fingerprint density at radius 1 is 1.35 bits per heavy atom. The number of hydrogen-bond donors (Lipinski definition) is 1. The maximum Gasteiger partial charge on any atom is 0.416 e. The van der Waals surface area contributed by atoms with E-state index in [1.165, 1.54) is 6.07 Å². The molecule has 0 atom stereocenters. The fourth-order valence-corrected chi connectivity index (χ4v) is 1.77. The van der Waals surface area contributed by atoms with Gasteiger partial charge in [-0.3, -0.25) is 4.79 Å². The minimum Gasteiger partial charge on any atom is -0.319 e. The molecule has 0 aliphatic carbocycles. The lowest BCUT2D eigenvalue weighted by Gasteiger charge is -2.07. The zero-order valence-electron chi connectivity index (χ0n) is 8.31. The van der Waals surface area contributed by atoms with Crippen molar-refractivity contribution in [3.63, 3.8) is 0 Å². The van der Waals surface area contributed by atoms with E-state index in [2.05, 4.69) is 25.9 Å². The second-order valence-corrected chi connectivity index (χ2v) is 3.94. The molecule has 1 aromatic carbocycles. The van der Waals surface area contributed by atoms with Crippen LogP contribution in [0.3, 0.4) is 0 Å². The molecular weight excluding hydrogens is 301 g/mol. The van der Waals surface area contributed by atoms with Gasteiger partial charge in [0.1, 0.15) is 5.69 Å². The molecule has 2 aromatic rings. The maximum atomic E-state index is 12.5. The summed E-state index contributed by atoms with van der Waals surface area (Å²) < 4.78 is 37.4. The van der Waals surface area contributed by atoms with Gasteiger partial charge in [-0.1, -0.05) is 15.9 Å². The summed E-state index contributed by atoms with van der Waals surface area (Å²) in [5, 5.41) is 0.189. The summed E-state index contributed by atoms with van der Waals surface area (Å²) in [7, 11) is 0. The summed E-state index contributed by atoms with van der Waals surface area (Å²) in [5.74, 6) is 0. The van der Waals surface area contributed by atoms with Crippen LogP contribution in [0.4, 0.5) is 13.2 Å². The highest BCUT2D eigenvalue weighted by Gasteiger charge is 2.30. The van der Waals surface area contributed by atoms with Crippen molar-refractivity contribution in [2.45, 2.75) is 11.5 Å². The Morgan fingerprint density at radius 2 is 2.06 bits per heavy atom. The van der Waals surface area contributed by atoms with E-state index in [1.807, 2.05) is 0 Å². The topological polar surface area (TPSA) is 45.8 Å². The van der Waals surface area contributed by atoms with Crippen molar-refractivity contribution < 1.29 is 13.2 Å². The highest BCUT2D eigenvalue weighted by atomic mass is 79.9. The Labute approximate surface area is 102 Å². The van der Waals surface area contributed by atoms with E-state index in [-0.39, 0.29) is 22.1 Å². The van der Waals surface area contributed by atoms with E-state index in [9.17, 15) is 18.0 Å². The summed E-state index contributed by atoms with van der Waals surface area (Å²) in [4.78, 5) is 17.7. The second-order valence-electron chi connectivity index (χ2n) is 3.38. The summed E-state index contributed by atoms with van der Waals surface area (Å²) >= 11 is 3.05. The number of benzene rings is 1. The number of aromatic amines is 1. The van der Waals surface area contributed by atoms with Gasteiger partial charge < -0.3 is 4.98 Å². The van der Waals surface area contributed by atoms with Crippen molar-refractivity contribution in [3.8, 4) is 0 Å². The van der Waals surface area contributed by atoms with Gasteiger partial charge in [0.2, 0.25) is 0 Å². The molecular formula is C10H6BrF3N2O. The van der Waals surface area contributed by atoms with E-state index < -0.39 is 17.3 Å². The number of H-pyrrole nitrogens is 1. The van der Waals surface area contributed by atoms with Crippen molar-refractivity contribution in [1.82, 2.24) is 9.97 Å². The third-order valence-electron chi connectivity index (χ3n) is 2.22. The first kappa shape index (κ1) is 12.1. The summed E-state index contributed by atoms with van der Waals surface area (Å²) in [6, 6.07) is 3.02. The van der Waals surface area contributed by atoms with Crippen LogP contribution in [0.25, 0.3) is 11.0 Å². The fraction of sp³-hybridized carbons (Fsp3) is 0.200. The molecule has 0 saturated carbocycles. The van der Waals surface area contributed by atoms with Crippen LogP contribution in [0.5, 0.6) is 0 Å². The molecule has 0 fully saturated rings. The van der Waals surface area contributed by atoms with Gasteiger partial charge in [0.15, 0.2) is 0 Å². The second kappa shape index (κ2) is 4.14. The monoisotopic (exact) mass is 306 g/mol. The van der Waals surface area contributed by atoms with Crippen molar-refractivity contribution in [3.05, 3.63) is 39.8 Å². The Hall–Kier alpha value is -1.37. The number of halogens is 4. The van der Waals surface area contributed by atoms with Gasteiger partial charge >= 0.3 is 6.18 Å². The zero-order valence-corrected chi connectivity index (χ0v) is 9.89. The van der Waals surface area contributed by atoms with E-state index >= 15 is 0 Å². The molecule has 0 spiro atoms. The van der Waals surface area contributed by atoms with Crippen LogP contribution in [0.2, 0.25) is 0 Å². The minimum absolute atomic E-state index is 0.119. The Kier molecular flexibility index (Phi) is 2.94. The standard InChI is InChI=1S/C10H6BrF3N2O/c11-4-8-9(17)16-6-2-1-5(10(12,13)14)3-7(6)15-8/h1-3H,4H2,(H,16,17). The number of rotatable bonds is 1. The molecule has 1 heterocycles. The van der Waals surface area contributed by atoms with Crippen molar-refractivity contribution in [1.29, 1.82) is 0 Å². The predicted octanol–water partition coefficient (Wildman–Crippen LogP) is 2.84. The first-order valence-corrected chi connectivity index (χ1v) is 5.70. The molecule has 0 bridgehead atoms. The summed E-state index contributed by atoms with van der Waals surface area (Å²) in [6.07, 6.45) is -4.42. The van der Waals surface area contributed by atoms with E-state index in [0.29, 0.717) is 0 Å². The average molecular weight is 307 g/mol. The molecule has 90 valence electrons. The van der Waals surface area contributed by atoms with Gasteiger partial charge in [0.25, 0.3) is 5.56 Å². The van der Waals surface area contributed by atoms with Crippen LogP contribution in [0, 0.1) is 0 Å². The first-order chi connectivity index (χ1) is 7.91. The normalized spacial score (nSPS) is 12.0. The smallest absolute Gasteiger partial charge is 0.319 e. The van der Waals surface area contributed by atoms with Gasteiger partial charge in [-0.25, -0.2) is 4.98 Å². The lowest BCUT2D eigenvalue weighted by atomic mass is 10.2. The quantitative estimate of drug-likeness (QED) is 0.824. The predicted molar refractivity (Wildman–Crippen MR) is 60.0 cm³/mol. The van der Waals surface area contributed by atoms with Crippen LogP contribution < -0.4 is 5.56 Å². The molecule has 2 rings (SSSR count). The fourth-order valence-electron chi connectivity index (χ4n) is 1.39. The van der Waals surface area contributed by atoms with Crippen molar-refractivity contribution in [2.75, 3.05) is 0 Å². The molecule has 1 aromatic heterocycles. The van der Waals surface area contributed by atoms with Crippen LogP contribution in [0.1, 0.15) is 11.3 Å². The van der Waals surface area contributed by atoms with E-state index in [1.54, 1.807) is 0 Å². The SMILES string of the molecule is O=c1[nH]c2ccc(C(F)(F)F)cc2nc1CBr. The first-order valence-electron chi connectivity index (χ1n) is 4.58. The van der Waals surface area contributed by atoms with Crippen LogP contribution in [-0.4, -0.2) is 9.97 Å². The van der Waals surface area contributed by atoms with Gasteiger partial charge in [-0.2, -0.15) is 13.2 Å². The van der Waals surface area contributed by atoms with Crippen LogP contribution in [0.15, 0.2) is 23.0 Å². The highest BCUT2D eigenvalue weighted by molar-refractivity contribution is 9.08. The largest absolute Gasteiger partial charge is 0.416 e. The number of fused-ring (bicyclic) bond motifs is 1. The zero-order chi connectivity index (χ0) is 12.6. The molecule has 7 heteroatoms. The van der Waals surface area contributed by atoms with Gasteiger partial charge in [-0.05, 0) is 18.2 Å². The van der Waals surface area contributed by atoms with Gasteiger partial charge in [-0.15, -0.1) is 0 Å². The summed E-state index contributed by atoms with van der Waals surface area (Å²) in [6.45, 7) is 0. The molecule has 1 N–H and O–H groups in total. The molecule has 0 aliphatic heterocycles. The minimum atomic E-state index is -4.42. The number of nitrogens with one attached hydrogen (secondary N) is 1. The lowest BCUT2D eigenvalue weighted by molar-refractivity contribution is -0.137. The Morgan fingerprint density at radius 3 is 2.65 bits per heavy atom. The molecule has 0 unspecified atom stereocenters. The van der Waals surface area contributed by atoms with Gasteiger partial charge in [0, 0.05) is 0 Å². The van der Waals surface area contributed by atoms with E-state index in [0.717, 1.165) is 12.1 Å². The number of alkyl halides is 4. The maximum absolute atomic E-state index is 12.5. The Balaban J connectivity index is 2.69. The lowest BCUT2D eigenvalue weighted by Crippen LogP contribution is -2.14. The molecule has 0 saturated heterocycles. The van der Waals surface area contributed by atoms with Crippen molar-refractivity contribution in [2.24, 2.45) is 0 Å². The molecule has 3 nitrogen and oxygen atoms in total. The number of nitrogens with zero attached hydrogens (tertiary/aromatic N) is 1. The van der Waals surface area contributed by atoms with Crippen molar-refractivity contribution >= 4 is 27.0 Å². The average Bonchev–Trinajstić information content (AvgIpc) is 2.26. The van der Waals surface area contributed by atoms with Gasteiger partial charge in [0.05, 0.1) is 21.9 Å².